The minimum absolute atomic E-state index is 0. The molecule has 13 heavy (non-hydrogen) atoms. The normalized spacial score (nSPS) is 6.92. The van der Waals surface area contributed by atoms with Crippen molar-refractivity contribution >= 4 is 11.9 Å². The van der Waals surface area contributed by atoms with Gasteiger partial charge in [-0.15, -0.1) is 0 Å². The van der Waals surface area contributed by atoms with Crippen LogP contribution in [0.5, 0.6) is 0 Å². The van der Waals surface area contributed by atoms with Crippen LogP contribution < -0.4 is 10.2 Å². The number of aliphatic carboxylic acids is 2. The summed E-state index contributed by atoms with van der Waals surface area (Å²) in [5.74, 6) is -2.37. The third-order valence-corrected chi connectivity index (χ3v) is 0.697. The zero-order valence-corrected chi connectivity index (χ0v) is 10.7. The first-order valence-electron chi connectivity index (χ1n) is 3.02. The van der Waals surface area contributed by atoms with Crippen LogP contribution in [-0.2, 0) is 29.1 Å². The predicted molar refractivity (Wildman–Crippen MR) is 39.6 cm³/mol. The molecule has 0 saturated heterocycles. The Morgan fingerprint density at radius 1 is 0.923 bits per heavy atom. The number of hydrogen-bond donors (Lipinski definition) is 0. The molecular formula is C8H10O4Zn. The van der Waals surface area contributed by atoms with E-state index in [-0.39, 0.29) is 30.6 Å². The van der Waals surface area contributed by atoms with Crippen molar-refractivity contribution in [1.82, 2.24) is 0 Å². The second kappa shape index (κ2) is 9.13. The van der Waals surface area contributed by atoms with Crippen LogP contribution in [-0.4, -0.2) is 11.9 Å². The minimum Gasteiger partial charge on any atom is -0.545 e. The summed E-state index contributed by atoms with van der Waals surface area (Å²) in [5.41, 5.74) is 0.130. The maximum atomic E-state index is 9.49. The summed E-state index contributed by atoms with van der Waals surface area (Å²) < 4.78 is 0. The molecule has 0 aliphatic carbocycles. The Morgan fingerprint density at radius 2 is 1.00 bits per heavy atom. The molecule has 0 amide bonds. The molecule has 0 aromatic carbocycles. The maximum absolute atomic E-state index is 9.49. The third kappa shape index (κ3) is 18.2. The summed E-state index contributed by atoms with van der Waals surface area (Å²) in [5, 5.41) is 19.0. The van der Waals surface area contributed by atoms with E-state index in [0.717, 1.165) is 0 Å². The van der Waals surface area contributed by atoms with Crippen molar-refractivity contribution in [2.75, 3.05) is 0 Å². The molecule has 5 heteroatoms. The molecule has 4 nitrogen and oxygen atoms in total. The van der Waals surface area contributed by atoms with Crippen molar-refractivity contribution < 1.29 is 39.3 Å². The minimum atomic E-state index is -1.19. The van der Waals surface area contributed by atoms with E-state index in [2.05, 4.69) is 13.2 Å². The maximum Gasteiger partial charge on any atom is 2.00 e. The fourth-order valence-electron chi connectivity index (χ4n) is 0. The first kappa shape index (κ1) is 18.0. The average molecular weight is 236 g/mol. The van der Waals surface area contributed by atoms with Gasteiger partial charge in [0.15, 0.2) is 0 Å². The molecule has 0 unspecified atom stereocenters. The Bertz CT molecular complexity index is 172. The van der Waals surface area contributed by atoms with Crippen LogP contribution in [0.3, 0.4) is 0 Å². The van der Waals surface area contributed by atoms with Gasteiger partial charge in [0.25, 0.3) is 0 Å². The van der Waals surface area contributed by atoms with E-state index in [1.165, 1.54) is 13.8 Å². The molecule has 0 saturated carbocycles. The molecule has 0 radical (unpaired) electrons. The Hall–Kier alpha value is -0.957. The van der Waals surface area contributed by atoms with Gasteiger partial charge in [-0.05, 0) is 25.0 Å². The van der Waals surface area contributed by atoms with Gasteiger partial charge < -0.3 is 19.8 Å². The van der Waals surface area contributed by atoms with Crippen LogP contribution in [0.2, 0.25) is 0 Å². The van der Waals surface area contributed by atoms with Crippen molar-refractivity contribution in [3.63, 3.8) is 0 Å². The average Bonchev–Trinajstić information content (AvgIpc) is 1.88. The van der Waals surface area contributed by atoms with E-state index < -0.39 is 11.9 Å². The number of carboxylic acids is 2. The van der Waals surface area contributed by atoms with Gasteiger partial charge in [0.2, 0.25) is 0 Å². The number of hydrogen-bond acceptors (Lipinski definition) is 4. The molecule has 68 valence electrons. The second-order valence-corrected chi connectivity index (χ2v) is 2.14. The van der Waals surface area contributed by atoms with Gasteiger partial charge in [-0.2, -0.15) is 0 Å². The first-order valence-corrected chi connectivity index (χ1v) is 3.02. The summed E-state index contributed by atoms with van der Waals surface area (Å²) in [7, 11) is 0. The smallest absolute Gasteiger partial charge is 0.545 e. The predicted octanol–water partition coefficient (Wildman–Crippen LogP) is -1.38. The van der Waals surface area contributed by atoms with Crippen molar-refractivity contribution in [3.8, 4) is 0 Å². The van der Waals surface area contributed by atoms with Gasteiger partial charge in [0.1, 0.15) is 0 Å². The molecule has 0 atom stereocenters. The third-order valence-electron chi connectivity index (χ3n) is 0.697. The van der Waals surface area contributed by atoms with Gasteiger partial charge in [-0.25, -0.2) is 0 Å². The molecule has 0 aliphatic rings. The zero-order valence-electron chi connectivity index (χ0n) is 7.75. The number of carbonyl (C=O) groups excluding carboxylic acids is 2. The Morgan fingerprint density at radius 3 is 1.00 bits per heavy atom. The summed E-state index contributed by atoms with van der Waals surface area (Å²) in [6.07, 6.45) is 0. The van der Waals surface area contributed by atoms with Crippen molar-refractivity contribution in [3.05, 3.63) is 24.3 Å². The monoisotopic (exact) mass is 234 g/mol. The fraction of sp³-hybridized carbons (Fsp3) is 0.250. The zero-order chi connectivity index (χ0) is 10.3. The van der Waals surface area contributed by atoms with Crippen molar-refractivity contribution in [2.24, 2.45) is 0 Å². The Labute approximate surface area is 89.7 Å². The number of carboxylic acid groups (broad SMARTS) is 2. The van der Waals surface area contributed by atoms with Gasteiger partial charge >= 0.3 is 19.5 Å². The van der Waals surface area contributed by atoms with Gasteiger partial charge in [-0.3, -0.25) is 0 Å². The molecule has 0 aromatic rings. The summed E-state index contributed by atoms with van der Waals surface area (Å²) >= 11 is 0. The molecule has 0 rings (SSSR count). The standard InChI is InChI=1S/2C4H6O2.Zn/c2*1-3(2)4(5)6;/h2*1H2,2H3,(H,5,6);/q;;+2/p-2. The van der Waals surface area contributed by atoms with E-state index in [1.807, 2.05) is 0 Å². The SMILES string of the molecule is C=C(C)C(=O)[O-].C=C(C)C(=O)[O-].[Zn+2]. The van der Waals surface area contributed by atoms with E-state index in [0.29, 0.717) is 0 Å². The molecule has 0 fully saturated rings. The second-order valence-electron chi connectivity index (χ2n) is 2.14. The molecule has 0 aliphatic heterocycles. The topological polar surface area (TPSA) is 80.3 Å². The molecule has 0 spiro atoms. The number of carbonyl (C=O) groups is 2. The van der Waals surface area contributed by atoms with E-state index >= 15 is 0 Å². The van der Waals surface area contributed by atoms with Crippen molar-refractivity contribution in [2.45, 2.75) is 13.8 Å². The fourth-order valence-corrected chi connectivity index (χ4v) is 0. The van der Waals surface area contributed by atoms with E-state index in [4.69, 9.17) is 0 Å². The first-order chi connectivity index (χ1) is 5.29. The summed E-state index contributed by atoms with van der Waals surface area (Å²) in [6, 6.07) is 0. The van der Waals surface area contributed by atoms with Crippen LogP contribution in [0.25, 0.3) is 0 Å². The molecule has 0 aromatic heterocycles. The molecule has 0 heterocycles. The van der Waals surface area contributed by atoms with E-state index in [9.17, 15) is 19.8 Å². The van der Waals surface area contributed by atoms with Crippen LogP contribution in [0, 0.1) is 0 Å². The number of rotatable bonds is 2. The summed E-state index contributed by atoms with van der Waals surface area (Å²) in [4.78, 5) is 19.0. The van der Waals surface area contributed by atoms with Crippen LogP contribution >= 0.6 is 0 Å². The Balaban J connectivity index is -0.000000143. The van der Waals surface area contributed by atoms with Crippen LogP contribution in [0.1, 0.15) is 13.8 Å². The molecule has 0 bridgehead atoms. The largest absolute Gasteiger partial charge is 2.00 e. The summed E-state index contributed by atoms with van der Waals surface area (Å²) in [6.45, 7) is 8.95. The molecular weight excluding hydrogens is 225 g/mol. The quantitative estimate of drug-likeness (QED) is 0.437. The van der Waals surface area contributed by atoms with Gasteiger partial charge in [0, 0.05) is 0 Å². The Kier molecular flexibility index (Phi) is 12.6. The van der Waals surface area contributed by atoms with Gasteiger partial charge in [-0.1, -0.05) is 13.2 Å². The van der Waals surface area contributed by atoms with Crippen molar-refractivity contribution in [1.29, 1.82) is 0 Å². The molecule has 0 N–H and O–H groups in total. The van der Waals surface area contributed by atoms with Gasteiger partial charge in [0.05, 0.1) is 11.9 Å². The van der Waals surface area contributed by atoms with Crippen LogP contribution in [0.15, 0.2) is 24.3 Å². The van der Waals surface area contributed by atoms with Crippen LogP contribution in [0.4, 0.5) is 0 Å². The van der Waals surface area contributed by atoms with E-state index in [1.54, 1.807) is 0 Å².